The molecule has 3 aromatic rings. The van der Waals surface area contributed by atoms with Crippen molar-refractivity contribution in [1.82, 2.24) is 14.5 Å². The highest BCUT2D eigenvalue weighted by molar-refractivity contribution is 5.81. The fraction of sp³-hybridized carbons (Fsp3) is 0.360. The maximum absolute atomic E-state index is 12.4. The number of amides is 1. The first-order chi connectivity index (χ1) is 14.7. The Bertz CT molecular complexity index is 1020. The van der Waals surface area contributed by atoms with E-state index >= 15 is 0 Å². The molecule has 1 aliphatic rings. The first kappa shape index (κ1) is 20.2. The van der Waals surface area contributed by atoms with Crippen LogP contribution in [0.25, 0.3) is 11.0 Å². The van der Waals surface area contributed by atoms with E-state index in [0.717, 1.165) is 42.0 Å². The third-order valence-electron chi connectivity index (χ3n) is 5.68. The Kier molecular flexibility index (Phi) is 6.17. The second-order valence-electron chi connectivity index (χ2n) is 7.97. The van der Waals surface area contributed by atoms with Crippen molar-refractivity contribution in [1.29, 1.82) is 0 Å². The van der Waals surface area contributed by atoms with Crippen molar-refractivity contribution in [2.75, 3.05) is 19.7 Å². The zero-order valence-electron chi connectivity index (χ0n) is 17.6. The number of unbranched alkanes of at least 4 members (excludes halogenated alkanes) is 1. The van der Waals surface area contributed by atoms with Crippen molar-refractivity contribution in [3.63, 3.8) is 0 Å². The van der Waals surface area contributed by atoms with E-state index in [9.17, 15) is 4.79 Å². The summed E-state index contributed by atoms with van der Waals surface area (Å²) in [4.78, 5) is 19.1. The number of ether oxygens (including phenoxy) is 1. The van der Waals surface area contributed by atoms with Crippen LogP contribution in [-0.2, 0) is 11.3 Å². The fourth-order valence-electron chi connectivity index (χ4n) is 4.11. The third kappa shape index (κ3) is 4.40. The van der Waals surface area contributed by atoms with Gasteiger partial charge < -0.3 is 14.2 Å². The maximum Gasteiger partial charge on any atom is 0.223 e. The number of para-hydroxylation sites is 2. The van der Waals surface area contributed by atoms with E-state index in [1.165, 1.54) is 5.56 Å². The molecule has 1 aliphatic heterocycles. The number of hydrogen-bond acceptors (Lipinski definition) is 3. The van der Waals surface area contributed by atoms with E-state index in [-0.39, 0.29) is 11.8 Å². The summed E-state index contributed by atoms with van der Waals surface area (Å²) in [5.74, 6) is 2.26. The predicted molar refractivity (Wildman–Crippen MR) is 120 cm³/mol. The molecule has 5 nitrogen and oxygen atoms in total. The summed E-state index contributed by atoms with van der Waals surface area (Å²) in [6.45, 7) is 8.73. The van der Waals surface area contributed by atoms with Gasteiger partial charge >= 0.3 is 0 Å². The average molecular weight is 404 g/mol. The van der Waals surface area contributed by atoms with Gasteiger partial charge in [0.2, 0.25) is 5.91 Å². The van der Waals surface area contributed by atoms with Crippen LogP contribution in [-0.4, -0.2) is 40.1 Å². The summed E-state index contributed by atoms with van der Waals surface area (Å²) < 4.78 is 8.17. The maximum atomic E-state index is 12.4. The van der Waals surface area contributed by atoms with E-state index in [4.69, 9.17) is 9.72 Å². The van der Waals surface area contributed by atoms with Gasteiger partial charge in [0.25, 0.3) is 0 Å². The molecule has 5 heteroatoms. The van der Waals surface area contributed by atoms with Crippen LogP contribution in [0, 0.1) is 6.92 Å². The molecule has 156 valence electrons. The molecule has 0 N–H and O–H groups in total. The van der Waals surface area contributed by atoms with Crippen molar-refractivity contribution >= 4 is 16.9 Å². The average Bonchev–Trinajstić information content (AvgIpc) is 3.30. The van der Waals surface area contributed by atoms with Gasteiger partial charge in [0.1, 0.15) is 11.6 Å². The van der Waals surface area contributed by atoms with Crippen LogP contribution < -0.4 is 4.74 Å². The van der Waals surface area contributed by atoms with Crippen molar-refractivity contribution < 1.29 is 9.53 Å². The molecule has 0 unspecified atom stereocenters. The second-order valence-corrected chi connectivity index (χ2v) is 7.97. The fourth-order valence-corrected chi connectivity index (χ4v) is 4.11. The Balaban J connectivity index is 1.42. The number of benzene rings is 2. The lowest BCUT2D eigenvalue weighted by atomic mass is 10.1. The summed E-state index contributed by atoms with van der Waals surface area (Å²) >= 11 is 0. The molecular weight excluding hydrogens is 374 g/mol. The summed E-state index contributed by atoms with van der Waals surface area (Å²) in [6.07, 6.45) is 4.27. The van der Waals surface area contributed by atoms with E-state index in [0.29, 0.717) is 26.1 Å². The number of imidazole rings is 1. The SMILES string of the molecule is C=CCN1C[C@H](c2nc3ccccc3n2CCCCOc2ccc(C)cc2)CC1=O. The second kappa shape index (κ2) is 9.16. The van der Waals surface area contributed by atoms with Crippen LogP contribution in [0.15, 0.2) is 61.2 Å². The number of aromatic nitrogens is 2. The number of fused-ring (bicyclic) bond motifs is 1. The Morgan fingerprint density at radius 1 is 1.17 bits per heavy atom. The monoisotopic (exact) mass is 403 g/mol. The Labute approximate surface area is 178 Å². The zero-order valence-corrected chi connectivity index (χ0v) is 17.6. The van der Waals surface area contributed by atoms with Crippen molar-refractivity contribution in [2.24, 2.45) is 0 Å². The van der Waals surface area contributed by atoms with Gasteiger partial charge in [0.15, 0.2) is 0 Å². The molecule has 1 amide bonds. The lowest BCUT2D eigenvalue weighted by Crippen LogP contribution is -2.25. The Hall–Kier alpha value is -3.08. The minimum Gasteiger partial charge on any atom is -0.494 e. The van der Waals surface area contributed by atoms with Gasteiger partial charge in [-0.1, -0.05) is 35.9 Å². The molecule has 0 saturated carbocycles. The molecule has 2 heterocycles. The molecular formula is C25H29N3O2. The quantitative estimate of drug-likeness (QED) is 0.384. The highest BCUT2D eigenvalue weighted by Gasteiger charge is 2.33. The lowest BCUT2D eigenvalue weighted by molar-refractivity contribution is -0.127. The zero-order chi connectivity index (χ0) is 20.9. The van der Waals surface area contributed by atoms with Gasteiger partial charge in [-0.3, -0.25) is 4.79 Å². The molecule has 1 fully saturated rings. The largest absolute Gasteiger partial charge is 0.494 e. The molecule has 1 aromatic heterocycles. The third-order valence-corrected chi connectivity index (χ3v) is 5.68. The van der Waals surface area contributed by atoms with E-state index in [1.807, 2.05) is 29.2 Å². The van der Waals surface area contributed by atoms with Crippen molar-refractivity contribution in [3.8, 4) is 5.75 Å². The van der Waals surface area contributed by atoms with Gasteiger partial charge in [-0.2, -0.15) is 0 Å². The molecule has 1 atom stereocenters. The van der Waals surface area contributed by atoms with Gasteiger partial charge in [-0.25, -0.2) is 4.98 Å². The van der Waals surface area contributed by atoms with Crippen LogP contribution >= 0.6 is 0 Å². The number of likely N-dealkylation sites (tertiary alicyclic amines) is 1. The number of carbonyl (C=O) groups excluding carboxylic acids is 1. The van der Waals surface area contributed by atoms with Gasteiger partial charge in [-0.05, 0) is 44.0 Å². The Morgan fingerprint density at radius 3 is 2.77 bits per heavy atom. The van der Waals surface area contributed by atoms with Gasteiger partial charge in [-0.15, -0.1) is 6.58 Å². The van der Waals surface area contributed by atoms with Crippen LogP contribution in [0.4, 0.5) is 0 Å². The minimum absolute atomic E-state index is 0.133. The standard InChI is InChI=1S/C25H29N3O2/c1-3-14-27-18-20(17-24(27)29)25-26-22-8-4-5-9-23(22)28(25)15-6-7-16-30-21-12-10-19(2)11-13-21/h3-5,8-13,20H,1,6-7,14-18H2,2H3/t20-/m1/s1. The van der Waals surface area contributed by atoms with Crippen LogP contribution in [0.2, 0.25) is 0 Å². The summed E-state index contributed by atoms with van der Waals surface area (Å²) in [6, 6.07) is 16.4. The molecule has 4 rings (SSSR count). The number of carbonyl (C=O) groups is 1. The topological polar surface area (TPSA) is 47.4 Å². The molecule has 0 aliphatic carbocycles. The summed E-state index contributed by atoms with van der Waals surface area (Å²) in [7, 11) is 0. The summed E-state index contributed by atoms with van der Waals surface area (Å²) in [5, 5.41) is 0. The number of hydrogen-bond donors (Lipinski definition) is 0. The molecule has 2 aromatic carbocycles. The van der Waals surface area contributed by atoms with E-state index < -0.39 is 0 Å². The van der Waals surface area contributed by atoms with Crippen molar-refractivity contribution in [3.05, 3.63) is 72.6 Å². The van der Waals surface area contributed by atoms with Crippen LogP contribution in [0.1, 0.15) is 36.6 Å². The minimum atomic E-state index is 0.133. The molecule has 0 bridgehead atoms. The van der Waals surface area contributed by atoms with Crippen molar-refractivity contribution in [2.45, 2.75) is 38.6 Å². The Morgan fingerprint density at radius 2 is 1.97 bits per heavy atom. The molecule has 0 spiro atoms. The first-order valence-electron chi connectivity index (χ1n) is 10.7. The van der Waals surface area contributed by atoms with Crippen LogP contribution in [0.5, 0.6) is 5.75 Å². The number of nitrogens with zero attached hydrogens (tertiary/aromatic N) is 3. The highest BCUT2D eigenvalue weighted by Crippen LogP contribution is 2.30. The molecule has 0 radical (unpaired) electrons. The highest BCUT2D eigenvalue weighted by atomic mass is 16.5. The van der Waals surface area contributed by atoms with Crippen LogP contribution in [0.3, 0.4) is 0 Å². The smallest absolute Gasteiger partial charge is 0.223 e. The molecule has 30 heavy (non-hydrogen) atoms. The van der Waals surface area contributed by atoms with E-state index in [1.54, 1.807) is 6.08 Å². The van der Waals surface area contributed by atoms with Gasteiger partial charge in [0, 0.05) is 32.0 Å². The number of aryl methyl sites for hydroxylation is 2. The predicted octanol–water partition coefficient (Wildman–Crippen LogP) is 4.71. The number of rotatable bonds is 9. The van der Waals surface area contributed by atoms with Gasteiger partial charge in [0.05, 0.1) is 17.6 Å². The molecule has 1 saturated heterocycles. The summed E-state index contributed by atoms with van der Waals surface area (Å²) in [5.41, 5.74) is 3.37. The first-order valence-corrected chi connectivity index (χ1v) is 10.7. The van der Waals surface area contributed by atoms with E-state index in [2.05, 4.69) is 42.3 Å². The lowest BCUT2D eigenvalue weighted by Gasteiger charge is -2.15. The normalized spacial score (nSPS) is 16.4.